The van der Waals surface area contributed by atoms with Gasteiger partial charge in [-0.1, -0.05) is 30.3 Å². The van der Waals surface area contributed by atoms with Gasteiger partial charge in [-0.05, 0) is 42.4 Å². The highest BCUT2D eigenvalue weighted by Gasteiger charge is 2.30. The first-order chi connectivity index (χ1) is 17.1. The highest BCUT2D eigenvalue weighted by molar-refractivity contribution is 7.98. The molecule has 0 aliphatic rings. The molecular weight excluding hydrogens is 506 g/mol. The van der Waals surface area contributed by atoms with Gasteiger partial charge >= 0.3 is 5.97 Å². The molecule has 0 bridgehead atoms. The van der Waals surface area contributed by atoms with Gasteiger partial charge in [0.2, 0.25) is 23.6 Å². The molecule has 0 aliphatic heterocycles. The molecule has 0 radical (unpaired) electrons. The average molecular weight is 542 g/mol. The zero-order valence-electron chi connectivity index (χ0n) is 20.4. The van der Waals surface area contributed by atoms with Crippen molar-refractivity contribution in [3.05, 3.63) is 35.9 Å². The molecule has 0 saturated heterocycles. The third-order valence-corrected chi connectivity index (χ3v) is 6.44. The number of rotatable bonds is 17. The smallest absolute Gasteiger partial charge is 0.326 e. The number of carbonyl (C=O) groups excluding carboxylic acids is 4. The molecule has 0 spiro atoms. The minimum Gasteiger partial charge on any atom is -0.480 e. The molecule has 8 N–H and O–H groups in total. The van der Waals surface area contributed by atoms with Crippen molar-refractivity contribution in [2.75, 3.05) is 24.0 Å². The Morgan fingerprint density at radius 1 is 0.833 bits per heavy atom. The molecule has 0 fully saturated rings. The van der Waals surface area contributed by atoms with E-state index in [4.69, 9.17) is 11.5 Å². The lowest BCUT2D eigenvalue weighted by Crippen LogP contribution is -2.58. The number of carboxylic acid groups (broad SMARTS) is 1. The fourth-order valence-corrected chi connectivity index (χ4v) is 4.13. The summed E-state index contributed by atoms with van der Waals surface area (Å²) in [6.45, 7) is 0. The summed E-state index contributed by atoms with van der Waals surface area (Å²) in [5.41, 5.74) is 11.8. The maximum Gasteiger partial charge on any atom is 0.326 e. The van der Waals surface area contributed by atoms with Crippen molar-refractivity contribution in [1.29, 1.82) is 0 Å². The molecule has 4 atom stereocenters. The Kier molecular flexibility index (Phi) is 14.6. The number of carbonyl (C=O) groups is 5. The number of amides is 4. The van der Waals surface area contributed by atoms with Crippen molar-refractivity contribution < 1.29 is 29.1 Å². The summed E-state index contributed by atoms with van der Waals surface area (Å²) in [4.78, 5) is 61.4. The predicted molar refractivity (Wildman–Crippen MR) is 141 cm³/mol. The largest absolute Gasteiger partial charge is 0.480 e. The lowest BCUT2D eigenvalue weighted by atomic mass is 10.0. The Bertz CT molecular complexity index is 889. The van der Waals surface area contributed by atoms with Gasteiger partial charge in [0.25, 0.3) is 0 Å². The number of carboxylic acids is 1. The zero-order valence-corrected chi connectivity index (χ0v) is 22.0. The van der Waals surface area contributed by atoms with E-state index in [0.717, 1.165) is 5.56 Å². The second-order valence-electron chi connectivity index (χ2n) is 8.05. The van der Waals surface area contributed by atoms with Gasteiger partial charge in [0.1, 0.15) is 18.1 Å². The maximum absolute atomic E-state index is 13.2. The number of hydrogen-bond acceptors (Lipinski definition) is 8. The van der Waals surface area contributed by atoms with Crippen molar-refractivity contribution in [3.8, 4) is 0 Å². The number of primary amides is 1. The summed E-state index contributed by atoms with van der Waals surface area (Å²) < 4.78 is 0. The molecule has 4 unspecified atom stereocenters. The van der Waals surface area contributed by atoms with Crippen LogP contribution in [0.2, 0.25) is 0 Å². The van der Waals surface area contributed by atoms with Crippen molar-refractivity contribution >= 4 is 53.1 Å². The second-order valence-corrected chi connectivity index (χ2v) is 10.0. The van der Waals surface area contributed by atoms with E-state index in [1.165, 1.54) is 11.8 Å². The van der Waals surface area contributed by atoms with E-state index in [-0.39, 0.29) is 12.8 Å². The SMILES string of the molecule is CSCCC(N)C(=O)NC(Cc1ccccc1)C(=O)NC(CCSC)C(=O)NC(CC(N)=O)C(=O)O. The van der Waals surface area contributed by atoms with Gasteiger partial charge in [-0.25, -0.2) is 4.79 Å². The second kappa shape index (κ2) is 16.8. The highest BCUT2D eigenvalue weighted by Crippen LogP contribution is 2.08. The first-order valence-corrected chi connectivity index (χ1v) is 14.1. The fraction of sp³-hybridized carbons (Fsp3) is 0.522. The van der Waals surface area contributed by atoms with E-state index in [0.29, 0.717) is 17.9 Å². The van der Waals surface area contributed by atoms with Crippen LogP contribution in [0.15, 0.2) is 30.3 Å². The predicted octanol–water partition coefficient (Wildman–Crippen LogP) is -0.523. The summed E-state index contributed by atoms with van der Waals surface area (Å²) >= 11 is 2.98. The Morgan fingerprint density at radius 2 is 1.36 bits per heavy atom. The molecule has 1 aromatic carbocycles. The fourth-order valence-electron chi connectivity index (χ4n) is 3.16. The standard InChI is InChI=1S/C23H35N5O6S2/c1-35-10-8-15(24)20(30)27-17(12-14-6-4-3-5-7-14)22(32)26-16(9-11-36-2)21(31)28-18(23(33)34)13-19(25)29/h3-7,15-18H,8-13,24H2,1-2H3,(H2,25,29)(H,26,32)(H,27,30)(H,28,31)(H,33,34). The van der Waals surface area contributed by atoms with Crippen molar-refractivity contribution in [2.45, 2.75) is 49.9 Å². The number of benzene rings is 1. The minimum atomic E-state index is -1.53. The zero-order chi connectivity index (χ0) is 27.1. The third-order valence-electron chi connectivity index (χ3n) is 5.15. The molecule has 0 heterocycles. The first kappa shape index (κ1) is 31.3. The van der Waals surface area contributed by atoms with Crippen molar-refractivity contribution in [3.63, 3.8) is 0 Å². The van der Waals surface area contributed by atoms with Gasteiger partial charge in [0, 0.05) is 6.42 Å². The summed E-state index contributed by atoms with van der Waals surface area (Å²) in [6, 6.07) is 4.58. The lowest BCUT2D eigenvalue weighted by Gasteiger charge is -2.25. The van der Waals surface area contributed by atoms with Crippen LogP contribution in [0.3, 0.4) is 0 Å². The summed E-state index contributed by atoms with van der Waals surface area (Å²) in [6.07, 6.45) is 3.91. The summed E-state index contributed by atoms with van der Waals surface area (Å²) in [7, 11) is 0. The molecule has 1 aromatic rings. The third kappa shape index (κ3) is 11.8. The number of nitrogens with two attached hydrogens (primary N) is 2. The van der Waals surface area contributed by atoms with Crippen LogP contribution in [0.25, 0.3) is 0 Å². The monoisotopic (exact) mass is 541 g/mol. The molecule has 13 heteroatoms. The van der Waals surface area contributed by atoms with Gasteiger partial charge in [-0.3, -0.25) is 19.2 Å². The molecule has 200 valence electrons. The molecule has 36 heavy (non-hydrogen) atoms. The molecule has 0 saturated carbocycles. The highest BCUT2D eigenvalue weighted by atomic mass is 32.2. The van der Waals surface area contributed by atoms with Gasteiger partial charge in [0.15, 0.2) is 0 Å². The lowest BCUT2D eigenvalue weighted by molar-refractivity contribution is -0.143. The van der Waals surface area contributed by atoms with Crippen LogP contribution in [0.5, 0.6) is 0 Å². The van der Waals surface area contributed by atoms with E-state index < -0.39 is 60.2 Å². The van der Waals surface area contributed by atoms with Gasteiger partial charge < -0.3 is 32.5 Å². The van der Waals surface area contributed by atoms with Crippen molar-refractivity contribution in [2.24, 2.45) is 11.5 Å². The van der Waals surface area contributed by atoms with Crippen LogP contribution in [0, 0.1) is 0 Å². The molecule has 0 aromatic heterocycles. The van der Waals surface area contributed by atoms with E-state index in [9.17, 15) is 29.1 Å². The van der Waals surface area contributed by atoms with Gasteiger partial charge in [-0.15, -0.1) is 0 Å². The molecular formula is C23H35N5O6S2. The summed E-state index contributed by atoms with van der Waals surface area (Å²) in [5.74, 6) is -3.03. The van der Waals surface area contributed by atoms with Crippen LogP contribution in [-0.2, 0) is 30.4 Å². The number of thioether (sulfide) groups is 2. The number of aliphatic carboxylic acids is 1. The topological polar surface area (TPSA) is 194 Å². The minimum absolute atomic E-state index is 0.157. The quantitative estimate of drug-likeness (QED) is 0.150. The molecule has 1 rings (SSSR count). The van der Waals surface area contributed by atoms with E-state index in [1.807, 2.05) is 18.6 Å². The van der Waals surface area contributed by atoms with Crippen LogP contribution in [-0.4, -0.2) is 82.9 Å². The Labute approximate surface area is 219 Å². The van der Waals surface area contributed by atoms with Crippen LogP contribution in [0.4, 0.5) is 0 Å². The average Bonchev–Trinajstić information content (AvgIpc) is 2.84. The Balaban J connectivity index is 3.06. The normalized spacial score (nSPS) is 14.1. The molecule has 0 aliphatic carbocycles. The van der Waals surface area contributed by atoms with Gasteiger partial charge in [-0.2, -0.15) is 23.5 Å². The van der Waals surface area contributed by atoms with Crippen LogP contribution >= 0.6 is 23.5 Å². The molecule has 11 nitrogen and oxygen atoms in total. The Morgan fingerprint density at radius 3 is 1.92 bits per heavy atom. The van der Waals surface area contributed by atoms with Crippen LogP contribution < -0.4 is 27.4 Å². The van der Waals surface area contributed by atoms with Gasteiger partial charge in [0.05, 0.1) is 12.5 Å². The molecule has 4 amide bonds. The maximum atomic E-state index is 13.2. The van der Waals surface area contributed by atoms with E-state index >= 15 is 0 Å². The number of nitrogens with one attached hydrogen (secondary N) is 3. The Hall–Kier alpha value is -2.77. The van der Waals surface area contributed by atoms with E-state index in [1.54, 1.807) is 36.0 Å². The summed E-state index contributed by atoms with van der Waals surface area (Å²) in [5, 5.41) is 16.9. The van der Waals surface area contributed by atoms with Crippen LogP contribution in [0.1, 0.15) is 24.8 Å². The van der Waals surface area contributed by atoms with E-state index in [2.05, 4.69) is 16.0 Å². The number of hydrogen-bond donors (Lipinski definition) is 6. The first-order valence-electron chi connectivity index (χ1n) is 11.3. The van der Waals surface area contributed by atoms with Crippen molar-refractivity contribution in [1.82, 2.24) is 16.0 Å².